The molecule has 30 heavy (non-hydrogen) atoms. The number of benzene rings is 2. The molecule has 2 aromatic carbocycles. The summed E-state index contributed by atoms with van der Waals surface area (Å²) in [6.07, 6.45) is 7.24. The lowest BCUT2D eigenvalue weighted by Gasteiger charge is -2.32. The van der Waals surface area contributed by atoms with Gasteiger partial charge in [-0.05, 0) is 53.5 Å². The van der Waals surface area contributed by atoms with E-state index in [1.54, 1.807) is 17.0 Å². The van der Waals surface area contributed by atoms with E-state index < -0.39 is 6.04 Å². The van der Waals surface area contributed by atoms with Crippen LogP contribution in [0.3, 0.4) is 0 Å². The fourth-order valence-electron chi connectivity index (χ4n) is 4.28. The van der Waals surface area contributed by atoms with Crippen molar-refractivity contribution in [3.63, 3.8) is 0 Å². The minimum absolute atomic E-state index is 0.000701. The highest BCUT2D eigenvalue weighted by molar-refractivity contribution is 6.31. The second-order valence-corrected chi connectivity index (χ2v) is 8.22. The van der Waals surface area contributed by atoms with Crippen molar-refractivity contribution < 1.29 is 9.90 Å². The number of aryl methyl sites for hydroxylation is 1. The lowest BCUT2D eigenvalue weighted by atomic mass is 9.86. The summed E-state index contributed by atoms with van der Waals surface area (Å²) in [6.45, 7) is 2.12. The molecule has 0 aromatic heterocycles. The van der Waals surface area contributed by atoms with Gasteiger partial charge in [0, 0.05) is 24.4 Å². The van der Waals surface area contributed by atoms with Crippen LogP contribution in [-0.4, -0.2) is 40.8 Å². The van der Waals surface area contributed by atoms with Crippen molar-refractivity contribution >= 4 is 23.2 Å². The maximum absolute atomic E-state index is 13.4. The van der Waals surface area contributed by atoms with E-state index in [0.717, 1.165) is 23.3 Å². The first-order valence-electron chi connectivity index (χ1n) is 10.2. The second-order valence-electron chi connectivity index (χ2n) is 7.78. The van der Waals surface area contributed by atoms with E-state index in [1.807, 2.05) is 49.5 Å². The third-order valence-electron chi connectivity index (χ3n) is 5.93. The molecular weight excluding hydrogens is 396 g/mol. The molecule has 2 unspecified atom stereocenters. The summed E-state index contributed by atoms with van der Waals surface area (Å²) in [5.41, 5.74) is 4.09. The average Bonchev–Trinajstić information content (AvgIpc) is 2.85. The first kappa shape index (κ1) is 20.4. The number of halogens is 1. The quantitative estimate of drug-likeness (QED) is 0.791. The van der Waals surface area contributed by atoms with E-state index >= 15 is 0 Å². The maximum atomic E-state index is 13.4. The number of carbonyl (C=O) groups is 1. The average molecular weight is 421 g/mol. The highest BCUT2D eigenvalue weighted by Gasteiger charge is 2.38. The molecule has 2 aromatic rings. The molecule has 1 N–H and O–H groups in total. The minimum atomic E-state index is -0.516. The summed E-state index contributed by atoms with van der Waals surface area (Å²) in [7, 11) is 1.84. The monoisotopic (exact) mass is 420 g/mol. The number of hydrogen-bond donors (Lipinski definition) is 1. The summed E-state index contributed by atoms with van der Waals surface area (Å²) in [5.74, 6) is 0.0522. The van der Waals surface area contributed by atoms with E-state index in [-0.39, 0.29) is 23.6 Å². The largest absolute Gasteiger partial charge is 0.508 e. The van der Waals surface area contributed by atoms with E-state index in [1.165, 1.54) is 5.56 Å². The first-order valence-corrected chi connectivity index (χ1v) is 10.6. The van der Waals surface area contributed by atoms with Gasteiger partial charge in [-0.1, -0.05) is 54.9 Å². The Kier molecular flexibility index (Phi) is 5.78. The van der Waals surface area contributed by atoms with E-state index in [9.17, 15) is 9.90 Å². The molecule has 0 radical (unpaired) electrons. The Morgan fingerprint density at radius 1 is 1.10 bits per heavy atom. The Labute approximate surface area is 182 Å². The van der Waals surface area contributed by atoms with E-state index in [0.29, 0.717) is 11.5 Å². The highest BCUT2D eigenvalue weighted by atomic mass is 35.5. The minimum Gasteiger partial charge on any atom is -0.508 e. The predicted molar refractivity (Wildman–Crippen MR) is 121 cm³/mol. The molecule has 2 aliphatic rings. The molecule has 1 heterocycles. The molecule has 4 rings (SSSR count). The summed E-state index contributed by atoms with van der Waals surface area (Å²) in [4.78, 5) is 20.2. The van der Waals surface area contributed by atoms with Crippen LogP contribution in [-0.2, 0) is 17.6 Å². The van der Waals surface area contributed by atoms with Crippen molar-refractivity contribution in [2.75, 3.05) is 7.05 Å². The maximum Gasteiger partial charge on any atom is 0.247 e. The number of aliphatic imine (C=N–C) groups is 1. The number of amides is 1. The number of rotatable bonds is 4. The Morgan fingerprint density at radius 2 is 1.80 bits per heavy atom. The topological polar surface area (TPSA) is 52.9 Å². The molecule has 154 valence electrons. The van der Waals surface area contributed by atoms with Crippen LogP contribution in [0.1, 0.15) is 23.6 Å². The van der Waals surface area contributed by atoms with Gasteiger partial charge in [0.25, 0.3) is 0 Å². The second kappa shape index (κ2) is 8.49. The Balaban J connectivity index is 1.82. The SMILES string of the molecule is CCc1ccccc1CC1N=C(c2ccc(O)cc2)[C@@H]2C=C(Cl)C=CC2N(C)C1=O. The lowest BCUT2D eigenvalue weighted by molar-refractivity contribution is -0.132. The van der Waals surface area contributed by atoms with Gasteiger partial charge in [0.05, 0.1) is 11.8 Å². The summed E-state index contributed by atoms with van der Waals surface area (Å²) in [5, 5.41) is 10.4. The molecule has 0 spiro atoms. The van der Waals surface area contributed by atoms with Gasteiger partial charge in [-0.25, -0.2) is 0 Å². The fourth-order valence-corrected chi connectivity index (χ4v) is 4.49. The van der Waals surface area contributed by atoms with Crippen molar-refractivity contribution in [2.45, 2.75) is 31.8 Å². The Hall–Kier alpha value is -2.85. The van der Waals surface area contributed by atoms with Gasteiger partial charge in [-0.3, -0.25) is 9.79 Å². The highest BCUT2D eigenvalue weighted by Crippen LogP contribution is 2.31. The molecule has 1 amide bonds. The van der Waals surface area contributed by atoms with Crippen LogP contribution in [0.5, 0.6) is 5.75 Å². The van der Waals surface area contributed by atoms with Gasteiger partial charge >= 0.3 is 0 Å². The molecule has 0 saturated carbocycles. The van der Waals surface area contributed by atoms with Crippen LogP contribution < -0.4 is 0 Å². The normalized spacial score (nSPS) is 23.5. The zero-order valence-corrected chi connectivity index (χ0v) is 17.9. The number of carbonyl (C=O) groups excluding carboxylic acids is 1. The number of allylic oxidation sites excluding steroid dienone is 2. The first-order chi connectivity index (χ1) is 14.5. The number of hydrogen-bond acceptors (Lipinski definition) is 3. The van der Waals surface area contributed by atoms with Crippen molar-refractivity contribution in [2.24, 2.45) is 10.9 Å². The Morgan fingerprint density at radius 3 is 2.50 bits per heavy atom. The van der Waals surface area contributed by atoms with Gasteiger partial charge in [0.1, 0.15) is 11.8 Å². The standard InChI is InChI=1S/C25H25ClN2O2/c1-3-16-6-4-5-7-18(16)14-22-25(30)28(2)23-13-10-19(26)15-21(23)24(27-22)17-8-11-20(29)12-9-17/h4-13,15,21-23,29H,3,14H2,1-2H3/t21-,22?,23?/m1/s1. The molecule has 3 atom stereocenters. The van der Waals surface area contributed by atoms with Crippen LogP contribution >= 0.6 is 11.6 Å². The zero-order chi connectivity index (χ0) is 21.3. The smallest absolute Gasteiger partial charge is 0.247 e. The van der Waals surface area contributed by atoms with Crippen LogP contribution in [0.4, 0.5) is 0 Å². The third kappa shape index (κ3) is 3.92. The van der Waals surface area contributed by atoms with Gasteiger partial charge in [0.2, 0.25) is 5.91 Å². The number of phenols is 1. The molecular formula is C25H25ClN2O2. The fraction of sp³-hybridized carbons (Fsp3) is 0.280. The van der Waals surface area contributed by atoms with Crippen molar-refractivity contribution in [1.82, 2.24) is 4.90 Å². The number of fused-ring (bicyclic) bond motifs is 1. The Bertz CT molecular complexity index is 1040. The van der Waals surface area contributed by atoms with E-state index in [4.69, 9.17) is 16.6 Å². The van der Waals surface area contributed by atoms with Crippen molar-refractivity contribution in [3.05, 3.63) is 88.5 Å². The van der Waals surface area contributed by atoms with Gasteiger partial charge in [-0.2, -0.15) is 0 Å². The molecule has 0 bridgehead atoms. The molecule has 5 heteroatoms. The van der Waals surface area contributed by atoms with E-state index in [2.05, 4.69) is 19.1 Å². The van der Waals surface area contributed by atoms with Gasteiger partial charge < -0.3 is 10.0 Å². The van der Waals surface area contributed by atoms with Crippen LogP contribution in [0.25, 0.3) is 0 Å². The molecule has 0 saturated heterocycles. The molecule has 1 aliphatic heterocycles. The molecule has 0 fully saturated rings. The lowest BCUT2D eigenvalue weighted by Crippen LogP contribution is -2.44. The van der Waals surface area contributed by atoms with Crippen LogP contribution in [0, 0.1) is 5.92 Å². The van der Waals surface area contributed by atoms with Gasteiger partial charge in [0.15, 0.2) is 0 Å². The predicted octanol–water partition coefficient (Wildman–Crippen LogP) is 4.50. The summed E-state index contributed by atoms with van der Waals surface area (Å²) < 4.78 is 0. The van der Waals surface area contributed by atoms with Crippen molar-refractivity contribution in [3.8, 4) is 5.75 Å². The summed E-state index contributed by atoms with van der Waals surface area (Å²) >= 11 is 6.33. The van der Waals surface area contributed by atoms with Gasteiger partial charge in [-0.15, -0.1) is 0 Å². The summed E-state index contributed by atoms with van der Waals surface area (Å²) in [6, 6.07) is 14.5. The van der Waals surface area contributed by atoms with Crippen LogP contribution in [0.15, 0.2) is 76.8 Å². The molecule has 4 nitrogen and oxygen atoms in total. The van der Waals surface area contributed by atoms with Crippen molar-refractivity contribution in [1.29, 1.82) is 0 Å². The number of aromatic hydroxyl groups is 1. The number of nitrogens with zero attached hydrogens (tertiary/aromatic N) is 2. The number of phenolic OH excluding ortho intramolecular Hbond substituents is 1. The van der Waals surface area contributed by atoms with Crippen LogP contribution in [0.2, 0.25) is 0 Å². The molecule has 1 aliphatic carbocycles. The number of likely N-dealkylation sites (N-methyl/N-ethyl adjacent to an activating group) is 1. The third-order valence-corrected chi connectivity index (χ3v) is 6.18. The zero-order valence-electron chi connectivity index (χ0n) is 17.1.